The molecule has 0 spiro atoms. The Morgan fingerprint density at radius 2 is 1.89 bits per heavy atom. The summed E-state index contributed by atoms with van der Waals surface area (Å²) in [5.74, 6) is 0.885. The fraction of sp³-hybridized carbons (Fsp3) is 0.350. The molecule has 2 heterocycles. The number of guanidine groups is 1. The van der Waals surface area contributed by atoms with Gasteiger partial charge in [0.2, 0.25) is 5.96 Å². The molecule has 1 aliphatic heterocycles. The lowest BCUT2D eigenvalue weighted by Crippen LogP contribution is -2.64. The number of halogens is 2. The predicted molar refractivity (Wildman–Crippen MR) is 111 cm³/mol. The van der Waals surface area contributed by atoms with Crippen molar-refractivity contribution in [2.75, 3.05) is 5.32 Å². The van der Waals surface area contributed by atoms with E-state index in [1.165, 1.54) is 19.3 Å². The Labute approximate surface area is 168 Å². The maximum absolute atomic E-state index is 6.98. The summed E-state index contributed by atoms with van der Waals surface area (Å²) >= 11 is 12.2. The van der Waals surface area contributed by atoms with Crippen molar-refractivity contribution in [1.82, 2.24) is 5.32 Å². The van der Waals surface area contributed by atoms with E-state index in [1.807, 2.05) is 12.3 Å². The van der Waals surface area contributed by atoms with Crippen LogP contribution in [0.1, 0.15) is 37.7 Å². The first-order valence-electron chi connectivity index (χ1n) is 9.16. The first kappa shape index (κ1) is 18.4. The molecule has 1 aromatic carbocycles. The lowest BCUT2D eigenvalue weighted by molar-refractivity contribution is 0.240. The van der Waals surface area contributed by atoms with E-state index in [0.717, 1.165) is 29.7 Å². The number of hydrogen-bond acceptors (Lipinski definition) is 5. The molecule has 1 unspecified atom stereocenters. The van der Waals surface area contributed by atoms with Gasteiger partial charge in [0.15, 0.2) is 0 Å². The second-order valence-corrected chi connectivity index (χ2v) is 8.02. The highest BCUT2D eigenvalue weighted by Crippen LogP contribution is 2.39. The number of nitrogens with two attached hydrogens (primary N) is 1. The number of furan rings is 1. The summed E-state index contributed by atoms with van der Waals surface area (Å²) in [5.41, 5.74) is 8.90. The van der Waals surface area contributed by atoms with Gasteiger partial charge in [0.05, 0.1) is 12.5 Å². The maximum atomic E-state index is 6.98. The first-order chi connectivity index (χ1) is 13.0. The standard InChI is InChI=1S/C20H22Cl2N4O/c21-15-8-16(22)10-17(9-15)25-19-24-11-18(13-6-7-27-12-13)20(23,26-19)14-4-2-1-3-5-14/h6-12,14H,1-5,23H2,(H2,24,25,26). The third kappa shape index (κ3) is 3.86. The summed E-state index contributed by atoms with van der Waals surface area (Å²) in [6.45, 7) is 0. The predicted octanol–water partition coefficient (Wildman–Crippen LogP) is 5.23. The third-order valence-corrected chi connectivity index (χ3v) is 5.74. The Morgan fingerprint density at radius 1 is 1.15 bits per heavy atom. The van der Waals surface area contributed by atoms with E-state index >= 15 is 0 Å². The fourth-order valence-corrected chi connectivity index (χ4v) is 4.49. The highest BCUT2D eigenvalue weighted by molar-refractivity contribution is 6.35. The number of nitrogens with zero attached hydrogens (tertiary/aromatic N) is 1. The molecule has 27 heavy (non-hydrogen) atoms. The van der Waals surface area contributed by atoms with Crippen LogP contribution in [0.15, 0.2) is 52.4 Å². The monoisotopic (exact) mass is 404 g/mol. The Morgan fingerprint density at radius 3 is 2.56 bits per heavy atom. The fourth-order valence-electron chi connectivity index (χ4n) is 3.97. The molecule has 1 fully saturated rings. The Bertz CT molecular complexity index is 852. The smallest absolute Gasteiger partial charge is 0.202 e. The van der Waals surface area contributed by atoms with E-state index in [2.05, 4.69) is 15.6 Å². The Balaban J connectivity index is 1.66. The van der Waals surface area contributed by atoms with Crippen LogP contribution in [-0.2, 0) is 0 Å². The van der Waals surface area contributed by atoms with E-state index in [0.29, 0.717) is 21.9 Å². The van der Waals surface area contributed by atoms with Gasteiger partial charge in [0.1, 0.15) is 5.66 Å². The van der Waals surface area contributed by atoms with Crippen LogP contribution in [0.4, 0.5) is 5.69 Å². The van der Waals surface area contributed by atoms with Crippen LogP contribution >= 0.6 is 23.2 Å². The van der Waals surface area contributed by atoms with Crippen LogP contribution in [0.5, 0.6) is 0 Å². The highest BCUT2D eigenvalue weighted by atomic mass is 35.5. The molecular formula is C20H22Cl2N4O. The van der Waals surface area contributed by atoms with E-state index in [9.17, 15) is 0 Å². The number of benzene rings is 1. The van der Waals surface area contributed by atoms with Gasteiger partial charge in [-0.15, -0.1) is 0 Å². The average molecular weight is 405 g/mol. The molecule has 2 aromatic rings. The van der Waals surface area contributed by atoms with Gasteiger partial charge >= 0.3 is 0 Å². The molecule has 142 valence electrons. The van der Waals surface area contributed by atoms with Crippen molar-refractivity contribution in [2.24, 2.45) is 16.6 Å². The lowest BCUT2D eigenvalue weighted by Gasteiger charge is -2.43. The van der Waals surface area contributed by atoms with Crippen molar-refractivity contribution in [1.29, 1.82) is 0 Å². The number of hydrogen-bond donors (Lipinski definition) is 3. The second kappa shape index (κ2) is 7.58. The highest BCUT2D eigenvalue weighted by Gasteiger charge is 2.42. The molecule has 1 aliphatic carbocycles. The summed E-state index contributed by atoms with van der Waals surface area (Å²) in [6.07, 6.45) is 11.0. The molecule has 5 nitrogen and oxygen atoms in total. The van der Waals surface area contributed by atoms with Gasteiger partial charge in [0.25, 0.3) is 0 Å². The first-order valence-corrected chi connectivity index (χ1v) is 9.91. The number of rotatable bonds is 3. The van der Waals surface area contributed by atoms with Crippen molar-refractivity contribution >= 4 is 40.4 Å². The van der Waals surface area contributed by atoms with Gasteiger partial charge in [0, 0.05) is 33.1 Å². The zero-order chi connectivity index (χ0) is 18.9. The van der Waals surface area contributed by atoms with Gasteiger partial charge in [-0.3, -0.25) is 0 Å². The zero-order valence-corrected chi connectivity index (χ0v) is 16.4. The largest absolute Gasteiger partial charge is 0.472 e. The minimum Gasteiger partial charge on any atom is -0.472 e. The number of nitrogens with one attached hydrogen (secondary N) is 2. The number of anilines is 1. The van der Waals surface area contributed by atoms with Crippen molar-refractivity contribution < 1.29 is 4.42 Å². The Kier molecular flexibility index (Phi) is 5.17. The van der Waals surface area contributed by atoms with Crippen LogP contribution in [0.25, 0.3) is 5.57 Å². The third-order valence-electron chi connectivity index (χ3n) is 5.30. The SMILES string of the molecule is NC1(C2CCCCC2)NC(Nc2cc(Cl)cc(Cl)c2)=NC=C1c1ccoc1. The normalized spacial score (nSPS) is 23.4. The molecule has 0 radical (unpaired) electrons. The quantitative estimate of drug-likeness (QED) is 0.653. The van der Waals surface area contributed by atoms with Crippen LogP contribution in [-0.4, -0.2) is 11.6 Å². The molecule has 0 bridgehead atoms. The van der Waals surface area contributed by atoms with Crippen molar-refractivity contribution in [3.8, 4) is 0 Å². The summed E-state index contributed by atoms with van der Waals surface area (Å²) in [4.78, 5) is 4.54. The van der Waals surface area contributed by atoms with E-state index in [4.69, 9.17) is 33.4 Å². The van der Waals surface area contributed by atoms with E-state index < -0.39 is 5.66 Å². The topological polar surface area (TPSA) is 75.6 Å². The van der Waals surface area contributed by atoms with Gasteiger partial charge in [-0.2, -0.15) is 0 Å². The summed E-state index contributed by atoms with van der Waals surface area (Å²) in [6, 6.07) is 7.21. The molecule has 2 aliphatic rings. The van der Waals surface area contributed by atoms with Gasteiger partial charge in [-0.25, -0.2) is 4.99 Å². The summed E-state index contributed by atoms with van der Waals surface area (Å²) in [7, 11) is 0. The minimum atomic E-state index is -0.725. The van der Waals surface area contributed by atoms with Crippen LogP contribution < -0.4 is 16.4 Å². The summed E-state index contributed by atoms with van der Waals surface area (Å²) < 4.78 is 5.28. The zero-order valence-electron chi connectivity index (χ0n) is 14.8. The molecule has 0 amide bonds. The lowest BCUT2D eigenvalue weighted by atomic mass is 9.75. The van der Waals surface area contributed by atoms with Gasteiger partial charge < -0.3 is 20.8 Å². The molecule has 4 rings (SSSR count). The van der Waals surface area contributed by atoms with Crippen LogP contribution in [0.3, 0.4) is 0 Å². The summed E-state index contributed by atoms with van der Waals surface area (Å²) in [5, 5.41) is 7.81. The second-order valence-electron chi connectivity index (χ2n) is 7.14. The van der Waals surface area contributed by atoms with E-state index in [-0.39, 0.29) is 0 Å². The minimum absolute atomic E-state index is 0.308. The van der Waals surface area contributed by atoms with Gasteiger partial charge in [-0.1, -0.05) is 42.5 Å². The molecule has 0 saturated heterocycles. The van der Waals surface area contributed by atoms with E-state index in [1.54, 1.807) is 30.7 Å². The maximum Gasteiger partial charge on any atom is 0.202 e. The Hall–Kier alpha value is -1.95. The average Bonchev–Trinajstić information content (AvgIpc) is 3.16. The van der Waals surface area contributed by atoms with Crippen LogP contribution in [0, 0.1) is 5.92 Å². The van der Waals surface area contributed by atoms with Gasteiger partial charge in [-0.05, 0) is 43.0 Å². The molecule has 4 N–H and O–H groups in total. The molecule has 7 heteroatoms. The molecular weight excluding hydrogens is 383 g/mol. The van der Waals surface area contributed by atoms with Crippen molar-refractivity contribution in [2.45, 2.75) is 37.8 Å². The van der Waals surface area contributed by atoms with Crippen LogP contribution in [0.2, 0.25) is 10.0 Å². The van der Waals surface area contributed by atoms with Crippen molar-refractivity contribution in [3.63, 3.8) is 0 Å². The molecule has 1 aromatic heterocycles. The number of aliphatic imine (C=N–C) groups is 1. The molecule has 1 saturated carbocycles. The molecule has 1 atom stereocenters. The van der Waals surface area contributed by atoms with Crippen molar-refractivity contribution in [3.05, 3.63) is 58.6 Å².